The van der Waals surface area contributed by atoms with E-state index in [9.17, 15) is 37.1 Å². The van der Waals surface area contributed by atoms with Crippen LogP contribution in [0.15, 0.2) is 46.2 Å². The summed E-state index contributed by atoms with van der Waals surface area (Å²) in [5, 5.41) is 18.6. The van der Waals surface area contributed by atoms with Crippen LogP contribution in [0.25, 0.3) is 22.3 Å². The summed E-state index contributed by atoms with van der Waals surface area (Å²) in [6.45, 7) is 14.4. The van der Waals surface area contributed by atoms with Gasteiger partial charge in [0.2, 0.25) is 23.2 Å². The molecule has 7 heterocycles. The topological polar surface area (TPSA) is 298 Å². The average molecular weight is 1010 g/mol. The number of H-pyrrole nitrogens is 1. The fraction of sp³-hybridized carbons (Fsp3) is 0.522. The van der Waals surface area contributed by atoms with Gasteiger partial charge < -0.3 is 40.7 Å². The van der Waals surface area contributed by atoms with E-state index in [-0.39, 0.29) is 47.5 Å². The number of aliphatic hydroxyl groups excluding tert-OH is 1. The predicted molar refractivity (Wildman–Crippen MR) is 261 cm³/mol. The molecule has 0 radical (unpaired) electrons. The van der Waals surface area contributed by atoms with Crippen molar-refractivity contribution < 1.29 is 50.9 Å². The van der Waals surface area contributed by atoms with Gasteiger partial charge >= 0.3 is 7.82 Å². The van der Waals surface area contributed by atoms with E-state index >= 15 is 0 Å². The number of imidazole rings is 1. The predicted octanol–water partition coefficient (Wildman–Crippen LogP) is 3.68. The van der Waals surface area contributed by atoms with E-state index in [1.165, 1.54) is 4.57 Å². The SMILES string of the molecule is CCN1c2cc3c(cc2C(C)=CC1(C)C)N=c1cc2c(cc1O3)=[N+](CCCC(=O)NCCCCCCNc1nc3c(=O)[nH]c(N)nc3n1[C@@H]1O[C@@H]3COP(=O)(O)O[C@H]3[C@H]1O)C(C)(C)C=C2CS(=O)(=O)O. The Morgan fingerprint density at radius 3 is 2.54 bits per heavy atom. The number of nitrogen functional groups attached to an aromatic ring is 1. The Morgan fingerprint density at radius 2 is 1.80 bits per heavy atom. The highest BCUT2D eigenvalue weighted by Gasteiger charge is 2.53. The number of aromatic nitrogens is 4. The van der Waals surface area contributed by atoms with E-state index in [1.54, 1.807) is 0 Å². The molecule has 70 heavy (non-hydrogen) atoms. The number of rotatable bonds is 16. The lowest BCUT2D eigenvalue weighted by molar-refractivity contribution is -0.121. The summed E-state index contributed by atoms with van der Waals surface area (Å²) >= 11 is 0. The number of fused-ring (bicyclic) bond motifs is 6. The molecule has 0 bridgehead atoms. The molecule has 5 aliphatic rings. The number of aromatic amines is 1. The number of likely N-dealkylation sites (N-methyl/N-ethyl adjacent to an activating group) is 1. The molecular weight excluding hydrogens is 948 g/mol. The zero-order valence-corrected chi connectivity index (χ0v) is 41.6. The van der Waals surface area contributed by atoms with Crippen molar-refractivity contribution in [1.29, 1.82) is 0 Å². The first-order valence-electron chi connectivity index (χ1n) is 23.5. The number of anilines is 3. The summed E-state index contributed by atoms with van der Waals surface area (Å²) in [7, 11) is -8.77. The summed E-state index contributed by atoms with van der Waals surface area (Å²) in [6.07, 6.45) is 3.17. The van der Waals surface area contributed by atoms with Gasteiger partial charge in [0, 0.05) is 63.6 Å². The van der Waals surface area contributed by atoms with Crippen molar-refractivity contribution in [3.63, 3.8) is 0 Å². The number of unbranched alkanes of at least 4 members (excludes halogenated alkanes) is 3. The van der Waals surface area contributed by atoms with Crippen LogP contribution in [0.1, 0.15) is 97.4 Å². The first kappa shape index (κ1) is 49.5. The molecule has 2 fully saturated rings. The minimum absolute atomic E-state index is 0.0383. The second-order valence-electron chi connectivity index (χ2n) is 19.4. The molecule has 4 aromatic rings. The van der Waals surface area contributed by atoms with Crippen LogP contribution in [0.2, 0.25) is 0 Å². The molecule has 8 N–H and O–H groups in total. The zero-order valence-electron chi connectivity index (χ0n) is 39.9. The number of phosphoric ester groups is 1. The number of aliphatic hydroxyl groups is 1. The summed E-state index contributed by atoms with van der Waals surface area (Å²) in [5.74, 6) is 0.453. The Balaban J connectivity index is 0.814. The van der Waals surface area contributed by atoms with Crippen LogP contribution in [-0.4, -0.2) is 116 Å². The quantitative estimate of drug-likeness (QED) is 0.0321. The van der Waals surface area contributed by atoms with E-state index in [2.05, 4.69) is 68.8 Å². The van der Waals surface area contributed by atoms with Crippen LogP contribution in [-0.2, 0) is 33.3 Å². The molecule has 5 atom stereocenters. The molecule has 2 saturated heterocycles. The van der Waals surface area contributed by atoms with Crippen LogP contribution in [0.3, 0.4) is 0 Å². The monoisotopic (exact) mass is 1010 g/mol. The Bertz CT molecular complexity index is 3210. The van der Waals surface area contributed by atoms with Gasteiger partial charge in [-0.05, 0) is 69.9 Å². The number of nitrogens with one attached hydrogen (secondary N) is 3. The third-order valence-electron chi connectivity index (χ3n) is 13.4. The normalized spacial score (nSPS) is 24.0. The Kier molecular flexibility index (Phi) is 13.1. The van der Waals surface area contributed by atoms with Crippen molar-refractivity contribution in [2.75, 3.05) is 54.5 Å². The highest BCUT2D eigenvalue weighted by Crippen LogP contribution is 2.53. The van der Waals surface area contributed by atoms with Gasteiger partial charge in [-0.3, -0.25) is 32.7 Å². The summed E-state index contributed by atoms with van der Waals surface area (Å²) in [4.78, 5) is 54.1. The second kappa shape index (κ2) is 18.6. The molecule has 0 spiro atoms. The van der Waals surface area contributed by atoms with Crippen LogP contribution in [0.4, 0.5) is 23.3 Å². The van der Waals surface area contributed by atoms with Crippen LogP contribution >= 0.6 is 7.82 Å². The third kappa shape index (κ3) is 9.77. The molecule has 0 aliphatic carbocycles. The summed E-state index contributed by atoms with van der Waals surface area (Å²) < 4.78 is 72.7. The Morgan fingerprint density at radius 1 is 1.04 bits per heavy atom. The number of benzene rings is 2. The van der Waals surface area contributed by atoms with E-state index in [4.69, 9.17) is 29.2 Å². The first-order valence-corrected chi connectivity index (χ1v) is 26.6. The molecule has 0 saturated carbocycles. The maximum atomic E-state index is 13.1. The van der Waals surface area contributed by atoms with Gasteiger partial charge in [0.25, 0.3) is 15.7 Å². The standard InChI is InChI=1S/C46H59N10O12PS/c1-7-54-31-19-33-29(17-27(31)25(2)21-45(54,3)4)50-30-18-28-26(24-70(62,63)64)22-46(5,6)55(32(28)20-34(30)66-33)16-12-13-36(57)48-14-10-8-9-11-15-49-44-51-37-40(52-43(47)53-41(37)59)56(44)42-38(58)39-35(67-42)23-65-69(60,61)68-39/h17-22,35,38-39,42,50,58H,7-16,23-24H2,1-6H3,(H5,47,48,53,57,59,60,61,62,63,64)/p+1/t35-,38-,39-,42-/m1/s1. The molecule has 376 valence electrons. The maximum absolute atomic E-state index is 13.1. The fourth-order valence-electron chi connectivity index (χ4n) is 10.3. The second-order valence-corrected chi connectivity index (χ2v) is 22.3. The number of amides is 1. The van der Waals surface area contributed by atoms with Crippen molar-refractivity contribution in [2.24, 2.45) is 4.99 Å². The van der Waals surface area contributed by atoms with Crippen molar-refractivity contribution in [3.8, 4) is 11.5 Å². The minimum Gasteiger partial charge on any atom is -0.452 e. The van der Waals surface area contributed by atoms with E-state index in [0.29, 0.717) is 71.5 Å². The number of carbonyl (C=O) groups excluding carboxylic acids is 1. The number of allylic oxidation sites excluding steroid dienone is 1. The molecule has 24 heteroatoms. The largest absolute Gasteiger partial charge is 0.472 e. The summed E-state index contributed by atoms with van der Waals surface area (Å²) in [6, 6.07) is 7.78. The highest BCUT2D eigenvalue weighted by molar-refractivity contribution is 7.86. The Hall–Kier alpha value is -5.52. The number of hydrogen-bond acceptors (Lipinski definition) is 16. The zero-order chi connectivity index (χ0) is 50.1. The summed E-state index contributed by atoms with van der Waals surface area (Å²) in [5.41, 5.74) is 9.34. The molecule has 1 unspecified atom stereocenters. The smallest absolute Gasteiger partial charge is 0.452 e. The number of nitrogens with two attached hydrogens (primary N) is 1. The highest BCUT2D eigenvalue weighted by atomic mass is 32.2. The van der Waals surface area contributed by atoms with Gasteiger partial charge in [0.15, 0.2) is 34.4 Å². The number of ether oxygens (including phenoxy) is 2. The van der Waals surface area contributed by atoms with E-state index < -0.39 is 59.3 Å². The molecule has 2 aromatic heterocycles. The lowest BCUT2D eigenvalue weighted by Crippen LogP contribution is -2.50. The van der Waals surface area contributed by atoms with Gasteiger partial charge in [-0.15, -0.1) is 0 Å². The molecule has 5 aliphatic heterocycles. The van der Waals surface area contributed by atoms with Crippen LogP contribution in [0, 0.1) is 0 Å². The van der Waals surface area contributed by atoms with Gasteiger partial charge in [-0.2, -0.15) is 13.4 Å². The van der Waals surface area contributed by atoms with Gasteiger partial charge in [-0.25, -0.2) is 19.1 Å². The lowest BCUT2D eigenvalue weighted by atomic mass is 9.88. The number of nitrogens with zero attached hydrogens (tertiary/aromatic N) is 6. The third-order valence-corrected chi connectivity index (χ3v) is 15.1. The lowest BCUT2D eigenvalue weighted by Gasteiger charge is -2.43. The number of phosphoric acid groups is 1. The van der Waals surface area contributed by atoms with Crippen molar-refractivity contribution >= 4 is 69.4 Å². The number of hydrogen-bond donors (Lipinski definition) is 7. The Labute approximate surface area is 403 Å². The molecule has 2 aromatic carbocycles. The van der Waals surface area contributed by atoms with Gasteiger partial charge in [0.1, 0.15) is 41.7 Å². The van der Waals surface area contributed by atoms with Crippen molar-refractivity contribution in [3.05, 3.63) is 68.6 Å². The molecule has 22 nitrogen and oxygen atoms in total. The van der Waals surface area contributed by atoms with E-state index in [0.717, 1.165) is 42.6 Å². The average Bonchev–Trinajstić information content (AvgIpc) is 3.78. The molecular formula is C46H60N10O12PS+. The van der Waals surface area contributed by atoms with Crippen molar-refractivity contribution in [2.45, 2.75) is 116 Å². The van der Waals surface area contributed by atoms with Crippen LogP contribution in [0.5, 0.6) is 11.5 Å². The van der Waals surface area contributed by atoms with Crippen LogP contribution < -0.4 is 46.9 Å². The molecule has 1 amide bonds. The van der Waals surface area contributed by atoms with Gasteiger partial charge in [-0.1, -0.05) is 18.9 Å². The fourth-order valence-corrected chi connectivity index (χ4v) is 11.9. The molecule has 9 rings (SSSR count). The van der Waals surface area contributed by atoms with E-state index in [1.807, 2.05) is 44.2 Å². The number of carbonyl (C=O) groups is 1. The van der Waals surface area contributed by atoms with Crippen molar-refractivity contribution in [1.82, 2.24) is 29.4 Å². The van der Waals surface area contributed by atoms with Gasteiger partial charge in [0.05, 0.1) is 23.8 Å². The maximum Gasteiger partial charge on any atom is 0.472 e. The minimum atomic E-state index is -4.39. The first-order chi connectivity index (χ1) is 33.0.